The van der Waals surface area contributed by atoms with Crippen LogP contribution in [0.5, 0.6) is 0 Å². The van der Waals surface area contributed by atoms with Crippen molar-refractivity contribution in [1.82, 2.24) is 4.90 Å². The van der Waals surface area contributed by atoms with Crippen LogP contribution in [-0.4, -0.2) is 38.9 Å². The molecule has 2 amide bonds. The Hall–Kier alpha value is -3.48. The van der Waals surface area contributed by atoms with E-state index < -0.39 is 36.2 Å². The zero-order valence-corrected chi connectivity index (χ0v) is 13.8. The van der Waals surface area contributed by atoms with E-state index in [4.69, 9.17) is 5.11 Å². The number of hydrogen-bond donors (Lipinski definition) is 2. The van der Waals surface area contributed by atoms with Gasteiger partial charge in [0.2, 0.25) is 0 Å². The predicted octanol–water partition coefficient (Wildman–Crippen LogP) is 2.51. The number of hydrogen-bond acceptors (Lipinski definition) is 4. The van der Waals surface area contributed by atoms with Crippen LogP contribution in [0.1, 0.15) is 54.7 Å². The lowest BCUT2D eigenvalue weighted by Crippen LogP contribution is -2.35. The molecule has 2 aromatic carbocycles. The van der Waals surface area contributed by atoms with Gasteiger partial charge in [0.25, 0.3) is 11.8 Å². The minimum absolute atomic E-state index is 0.0302. The van der Waals surface area contributed by atoms with Crippen LogP contribution in [0.15, 0.2) is 42.5 Å². The molecule has 3 rings (SSSR count). The number of benzene rings is 2. The Morgan fingerprint density at radius 1 is 0.962 bits per heavy atom. The van der Waals surface area contributed by atoms with E-state index in [0.29, 0.717) is 5.56 Å². The lowest BCUT2D eigenvalue weighted by Gasteiger charge is -2.25. The third-order valence-corrected chi connectivity index (χ3v) is 4.31. The van der Waals surface area contributed by atoms with Crippen LogP contribution in [0.3, 0.4) is 0 Å². The molecule has 0 saturated heterocycles. The second-order valence-electron chi connectivity index (χ2n) is 6.07. The highest BCUT2D eigenvalue weighted by Gasteiger charge is 2.41. The Balaban J connectivity index is 2.06. The third kappa shape index (κ3) is 2.95. The number of amides is 2. The molecule has 0 bridgehead atoms. The van der Waals surface area contributed by atoms with Gasteiger partial charge in [0.1, 0.15) is 0 Å². The van der Waals surface area contributed by atoms with Gasteiger partial charge in [-0.1, -0.05) is 29.8 Å². The maximum absolute atomic E-state index is 12.8. The number of fused-ring (bicyclic) bond motifs is 1. The van der Waals surface area contributed by atoms with E-state index in [1.807, 2.05) is 6.92 Å². The van der Waals surface area contributed by atoms with Crippen LogP contribution in [0.4, 0.5) is 0 Å². The first kappa shape index (κ1) is 17.3. The lowest BCUT2D eigenvalue weighted by molar-refractivity contribution is -0.138. The zero-order valence-electron chi connectivity index (χ0n) is 13.8. The fraction of sp³-hybridized carbons (Fsp3) is 0.158. The molecule has 1 heterocycles. The van der Waals surface area contributed by atoms with Crippen molar-refractivity contribution in [1.29, 1.82) is 0 Å². The van der Waals surface area contributed by atoms with Crippen molar-refractivity contribution < 1.29 is 29.4 Å². The number of imide groups is 1. The summed E-state index contributed by atoms with van der Waals surface area (Å²) in [7, 11) is 0. The molecule has 26 heavy (non-hydrogen) atoms. The first-order valence-corrected chi connectivity index (χ1v) is 7.83. The van der Waals surface area contributed by atoms with E-state index in [9.17, 15) is 24.3 Å². The smallest absolute Gasteiger partial charge is 0.335 e. The summed E-state index contributed by atoms with van der Waals surface area (Å²) in [5.74, 6) is -3.70. The van der Waals surface area contributed by atoms with Crippen LogP contribution < -0.4 is 0 Å². The van der Waals surface area contributed by atoms with Gasteiger partial charge in [0.05, 0.1) is 29.2 Å². The van der Waals surface area contributed by atoms with E-state index in [1.54, 1.807) is 24.3 Å². The van der Waals surface area contributed by atoms with Gasteiger partial charge in [-0.15, -0.1) is 0 Å². The van der Waals surface area contributed by atoms with Crippen molar-refractivity contribution >= 4 is 23.8 Å². The summed E-state index contributed by atoms with van der Waals surface area (Å²) in [4.78, 5) is 48.8. The van der Waals surface area contributed by atoms with Gasteiger partial charge >= 0.3 is 11.9 Å². The molecule has 0 saturated carbocycles. The Kier molecular flexibility index (Phi) is 4.29. The quantitative estimate of drug-likeness (QED) is 0.799. The summed E-state index contributed by atoms with van der Waals surface area (Å²) < 4.78 is 0. The first-order valence-electron chi connectivity index (χ1n) is 7.83. The molecule has 0 aromatic heterocycles. The van der Waals surface area contributed by atoms with Gasteiger partial charge in [0, 0.05) is 0 Å². The number of aryl methyl sites for hydroxylation is 1. The Bertz CT molecular complexity index is 932. The van der Waals surface area contributed by atoms with Gasteiger partial charge < -0.3 is 10.2 Å². The average Bonchev–Trinajstić information content (AvgIpc) is 2.84. The second-order valence-corrected chi connectivity index (χ2v) is 6.07. The minimum Gasteiger partial charge on any atom is -0.481 e. The predicted molar refractivity (Wildman–Crippen MR) is 90.1 cm³/mol. The summed E-state index contributed by atoms with van der Waals surface area (Å²) in [6, 6.07) is 9.58. The maximum Gasteiger partial charge on any atom is 0.335 e. The molecule has 0 radical (unpaired) electrons. The highest BCUT2D eigenvalue weighted by molar-refractivity contribution is 6.22. The number of carboxylic acid groups (broad SMARTS) is 2. The topological polar surface area (TPSA) is 112 Å². The number of aromatic carboxylic acids is 1. The number of carbonyl (C=O) groups is 4. The molecule has 0 aliphatic carbocycles. The van der Waals surface area contributed by atoms with E-state index in [1.165, 1.54) is 12.1 Å². The first-order chi connectivity index (χ1) is 12.3. The van der Waals surface area contributed by atoms with Crippen molar-refractivity contribution in [3.63, 3.8) is 0 Å². The SMILES string of the molecule is Cc1ccc(C(CC(=O)O)N2C(=O)c3ccc(C(=O)O)cc3C2=O)cc1. The zero-order chi connectivity index (χ0) is 19.0. The Morgan fingerprint density at radius 3 is 2.15 bits per heavy atom. The van der Waals surface area contributed by atoms with E-state index >= 15 is 0 Å². The van der Waals surface area contributed by atoms with Gasteiger partial charge in [-0.3, -0.25) is 19.3 Å². The normalized spacial score (nSPS) is 14.3. The van der Waals surface area contributed by atoms with E-state index in [2.05, 4.69) is 0 Å². The van der Waals surface area contributed by atoms with Crippen LogP contribution in [0, 0.1) is 6.92 Å². The monoisotopic (exact) mass is 353 g/mol. The largest absolute Gasteiger partial charge is 0.481 e. The number of carbonyl (C=O) groups excluding carboxylic acids is 2. The molecular weight excluding hydrogens is 338 g/mol. The minimum atomic E-state index is -1.22. The summed E-state index contributed by atoms with van der Waals surface area (Å²) in [5.41, 5.74) is 1.40. The molecule has 2 N–H and O–H groups in total. The molecule has 132 valence electrons. The fourth-order valence-electron chi connectivity index (χ4n) is 2.99. The Labute approximate surface area is 148 Å². The van der Waals surface area contributed by atoms with E-state index in [-0.39, 0.29) is 16.7 Å². The molecular formula is C19H15NO6. The third-order valence-electron chi connectivity index (χ3n) is 4.31. The van der Waals surface area contributed by atoms with Crippen LogP contribution in [0.25, 0.3) is 0 Å². The maximum atomic E-state index is 12.8. The second kappa shape index (κ2) is 6.44. The highest BCUT2D eigenvalue weighted by Crippen LogP contribution is 2.34. The summed E-state index contributed by atoms with van der Waals surface area (Å²) in [5, 5.41) is 18.3. The number of aliphatic carboxylic acids is 1. The molecule has 1 aliphatic rings. The fourth-order valence-corrected chi connectivity index (χ4v) is 2.99. The highest BCUT2D eigenvalue weighted by atomic mass is 16.4. The summed E-state index contributed by atoms with van der Waals surface area (Å²) in [6.07, 6.45) is -0.444. The summed E-state index contributed by atoms with van der Waals surface area (Å²) >= 11 is 0. The van der Waals surface area contributed by atoms with Crippen molar-refractivity contribution in [3.8, 4) is 0 Å². The molecule has 1 aliphatic heterocycles. The van der Waals surface area contributed by atoms with Gasteiger partial charge in [-0.2, -0.15) is 0 Å². The van der Waals surface area contributed by atoms with Crippen LogP contribution >= 0.6 is 0 Å². The lowest BCUT2D eigenvalue weighted by atomic mass is 10.0. The van der Waals surface area contributed by atoms with Gasteiger partial charge in [-0.25, -0.2) is 4.79 Å². The average molecular weight is 353 g/mol. The molecule has 7 heteroatoms. The summed E-state index contributed by atoms with van der Waals surface area (Å²) in [6.45, 7) is 1.87. The van der Waals surface area contributed by atoms with Gasteiger partial charge in [0.15, 0.2) is 0 Å². The molecule has 1 unspecified atom stereocenters. The van der Waals surface area contributed by atoms with Crippen molar-refractivity contribution in [2.75, 3.05) is 0 Å². The number of rotatable bonds is 5. The molecule has 7 nitrogen and oxygen atoms in total. The van der Waals surface area contributed by atoms with Crippen molar-refractivity contribution in [2.45, 2.75) is 19.4 Å². The van der Waals surface area contributed by atoms with E-state index in [0.717, 1.165) is 16.5 Å². The van der Waals surface area contributed by atoms with Crippen LogP contribution in [-0.2, 0) is 4.79 Å². The molecule has 2 aromatic rings. The molecule has 1 atom stereocenters. The number of nitrogens with zero attached hydrogens (tertiary/aromatic N) is 1. The van der Waals surface area contributed by atoms with Crippen molar-refractivity contribution in [3.05, 3.63) is 70.3 Å². The molecule has 0 fully saturated rings. The standard InChI is InChI=1S/C19H15NO6/c1-10-2-4-11(5-3-10)15(9-16(21)22)20-17(23)13-7-6-12(19(25)26)8-14(13)18(20)24/h2-8,15H,9H2,1H3,(H,21,22)(H,25,26). The van der Waals surface area contributed by atoms with Crippen LogP contribution in [0.2, 0.25) is 0 Å². The molecule has 0 spiro atoms. The Morgan fingerprint density at radius 2 is 1.58 bits per heavy atom. The van der Waals surface area contributed by atoms with Gasteiger partial charge in [-0.05, 0) is 30.7 Å². The number of carboxylic acids is 2. The van der Waals surface area contributed by atoms with Crippen molar-refractivity contribution in [2.24, 2.45) is 0 Å².